The molecule has 0 spiro atoms. The van der Waals surface area contributed by atoms with Gasteiger partial charge >= 0.3 is 0 Å². The fourth-order valence-electron chi connectivity index (χ4n) is 2.95. The molecule has 0 aliphatic heterocycles. The van der Waals surface area contributed by atoms with Gasteiger partial charge in [-0.1, -0.05) is 41.9 Å². The van der Waals surface area contributed by atoms with Crippen LogP contribution < -0.4 is 5.43 Å². The number of nitrogens with one attached hydrogen (secondary N) is 2. The summed E-state index contributed by atoms with van der Waals surface area (Å²) >= 11 is 6.20. The van der Waals surface area contributed by atoms with Gasteiger partial charge in [-0.15, -0.1) is 10.2 Å². The third-order valence-electron chi connectivity index (χ3n) is 4.24. The molecule has 0 saturated carbocycles. The summed E-state index contributed by atoms with van der Waals surface area (Å²) in [5.74, 6) is 1.53. The maximum Gasteiger partial charge on any atom is 0.265 e. The smallest absolute Gasteiger partial charge is 0.265 e. The lowest BCUT2D eigenvalue weighted by molar-refractivity contribution is 0.575. The van der Waals surface area contributed by atoms with Crippen LogP contribution in [0.15, 0.2) is 70.2 Å². The maximum absolute atomic E-state index is 6.20. The number of benzene rings is 2. The Balaban J connectivity index is 1.35. The van der Waals surface area contributed by atoms with E-state index in [1.54, 1.807) is 6.21 Å². The molecule has 0 atom stereocenters. The standard InChI is InChI=1S/C20H13ClN6O/c21-15-7-3-1-5-13(15)17-10-9-12(28-17)11-22-26-20-24-19-18(25-27-20)14-6-2-4-8-16(14)23-19/h1-11H,(H2,23,24,26,27)/b22-11-. The molecule has 0 unspecified atom stereocenters. The van der Waals surface area contributed by atoms with Crippen molar-refractivity contribution in [1.82, 2.24) is 20.2 Å². The predicted octanol–water partition coefficient (Wildman–Crippen LogP) is 4.87. The van der Waals surface area contributed by atoms with E-state index in [1.165, 1.54) is 0 Å². The quantitative estimate of drug-likeness (QED) is 0.338. The second kappa shape index (κ2) is 6.79. The molecule has 2 aromatic carbocycles. The second-order valence-corrected chi connectivity index (χ2v) is 6.46. The van der Waals surface area contributed by atoms with Gasteiger partial charge < -0.3 is 9.40 Å². The predicted molar refractivity (Wildman–Crippen MR) is 110 cm³/mol. The van der Waals surface area contributed by atoms with E-state index in [1.807, 2.05) is 60.7 Å². The van der Waals surface area contributed by atoms with Gasteiger partial charge in [0.1, 0.15) is 17.0 Å². The van der Waals surface area contributed by atoms with Crippen LogP contribution in [-0.4, -0.2) is 26.4 Å². The molecule has 0 aliphatic rings. The molecule has 0 saturated heterocycles. The van der Waals surface area contributed by atoms with E-state index >= 15 is 0 Å². The van der Waals surface area contributed by atoms with Gasteiger partial charge in [-0.25, -0.2) is 5.43 Å². The molecule has 0 bridgehead atoms. The highest BCUT2D eigenvalue weighted by molar-refractivity contribution is 6.33. The highest BCUT2D eigenvalue weighted by Gasteiger charge is 2.09. The zero-order valence-corrected chi connectivity index (χ0v) is 15.2. The molecule has 0 radical (unpaired) electrons. The van der Waals surface area contributed by atoms with Crippen LogP contribution in [0.2, 0.25) is 5.02 Å². The third kappa shape index (κ3) is 2.97. The van der Waals surface area contributed by atoms with E-state index in [0.29, 0.717) is 22.2 Å². The molecule has 0 amide bonds. The Morgan fingerprint density at radius 1 is 1.00 bits per heavy atom. The zero-order valence-electron chi connectivity index (χ0n) is 14.4. The Morgan fingerprint density at radius 2 is 1.86 bits per heavy atom. The second-order valence-electron chi connectivity index (χ2n) is 6.06. The summed E-state index contributed by atoms with van der Waals surface area (Å²) in [6.07, 6.45) is 1.54. The van der Waals surface area contributed by atoms with Crippen LogP contribution in [0.3, 0.4) is 0 Å². The molecular formula is C20H13ClN6O. The van der Waals surface area contributed by atoms with E-state index in [-0.39, 0.29) is 5.95 Å². The average molecular weight is 389 g/mol. The Bertz CT molecular complexity index is 1320. The highest BCUT2D eigenvalue weighted by atomic mass is 35.5. The Labute approximate surface area is 164 Å². The van der Waals surface area contributed by atoms with Crippen molar-refractivity contribution in [2.24, 2.45) is 5.10 Å². The van der Waals surface area contributed by atoms with Crippen LogP contribution in [0.4, 0.5) is 5.95 Å². The van der Waals surface area contributed by atoms with Gasteiger partial charge in [0.2, 0.25) is 0 Å². The summed E-state index contributed by atoms with van der Waals surface area (Å²) in [6.45, 7) is 0. The van der Waals surface area contributed by atoms with Crippen molar-refractivity contribution in [3.05, 3.63) is 71.4 Å². The number of hydrazone groups is 1. The van der Waals surface area contributed by atoms with Crippen molar-refractivity contribution in [2.45, 2.75) is 0 Å². The summed E-state index contributed by atoms with van der Waals surface area (Å²) in [4.78, 5) is 7.62. The van der Waals surface area contributed by atoms with Crippen LogP contribution in [0.5, 0.6) is 0 Å². The summed E-state index contributed by atoms with van der Waals surface area (Å²) < 4.78 is 5.76. The third-order valence-corrected chi connectivity index (χ3v) is 4.57. The van der Waals surface area contributed by atoms with Gasteiger partial charge in [-0.2, -0.15) is 10.1 Å². The zero-order chi connectivity index (χ0) is 18.9. The van der Waals surface area contributed by atoms with E-state index in [4.69, 9.17) is 16.0 Å². The Kier molecular flexibility index (Phi) is 3.99. The minimum absolute atomic E-state index is 0.285. The lowest BCUT2D eigenvalue weighted by Crippen LogP contribution is -1.98. The van der Waals surface area contributed by atoms with E-state index in [2.05, 4.69) is 30.7 Å². The number of fused-ring (bicyclic) bond motifs is 3. The van der Waals surface area contributed by atoms with Crippen molar-refractivity contribution in [3.63, 3.8) is 0 Å². The first kappa shape index (κ1) is 16.5. The van der Waals surface area contributed by atoms with Crippen molar-refractivity contribution >= 4 is 45.8 Å². The molecule has 0 fully saturated rings. The molecule has 7 nitrogen and oxygen atoms in total. The number of H-pyrrole nitrogens is 1. The fraction of sp³-hybridized carbons (Fsp3) is 0. The molecule has 8 heteroatoms. The van der Waals surface area contributed by atoms with E-state index in [9.17, 15) is 0 Å². The van der Waals surface area contributed by atoms with Crippen LogP contribution in [0.25, 0.3) is 33.4 Å². The Morgan fingerprint density at radius 3 is 2.79 bits per heavy atom. The van der Waals surface area contributed by atoms with Crippen molar-refractivity contribution in [3.8, 4) is 11.3 Å². The number of hydrogen-bond acceptors (Lipinski definition) is 6. The van der Waals surface area contributed by atoms with Crippen LogP contribution in [0.1, 0.15) is 5.76 Å². The number of nitrogens with zero attached hydrogens (tertiary/aromatic N) is 4. The van der Waals surface area contributed by atoms with Gasteiger partial charge in [-0.3, -0.25) is 0 Å². The molecule has 136 valence electrons. The summed E-state index contributed by atoms with van der Waals surface area (Å²) in [5, 5.41) is 14.0. The first-order valence-corrected chi connectivity index (χ1v) is 8.91. The first-order valence-electron chi connectivity index (χ1n) is 8.53. The molecule has 5 rings (SSSR count). The Hall–Kier alpha value is -3.71. The summed E-state index contributed by atoms with van der Waals surface area (Å²) in [5.41, 5.74) is 5.93. The van der Waals surface area contributed by atoms with Gasteiger partial charge in [0.15, 0.2) is 5.65 Å². The van der Waals surface area contributed by atoms with Crippen LogP contribution in [-0.2, 0) is 0 Å². The normalized spacial score (nSPS) is 11.6. The molecule has 0 aliphatic carbocycles. The number of halogens is 1. The molecular weight excluding hydrogens is 376 g/mol. The van der Waals surface area contributed by atoms with Crippen molar-refractivity contribution < 1.29 is 4.42 Å². The van der Waals surface area contributed by atoms with Crippen molar-refractivity contribution in [1.29, 1.82) is 0 Å². The van der Waals surface area contributed by atoms with Gasteiger partial charge in [0.05, 0.1) is 11.2 Å². The molecule has 3 aromatic heterocycles. The number of aromatic amines is 1. The first-order chi connectivity index (χ1) is 13.8. The summed E-state index contributed by atoms with van der Waals surface area (Å²) in [7, 11) is 0. The SMILES string of the molecule is Clc1ccccc1-c1ccc(/C=N\Nc2nnc3c(n2)[nH]c2ccccc23)o1. The van der Waals surface area contributed by atoms with Crippen molar-refractivity contribution in [2.75, 3.05) is 5.43 Å². The number of anilines is 1. The number of aromatic nitrogens is 4. The topological polar surface area (TPSA) is 92.0 Å². The largest absolute Gasteiger partial charge is 0.455 e. The van der Waals surface area contributed by atoms with Gasteiger partial charge in [0, 0.05) is 16.5 Å². The lowest BCUT2D eigenvalue weighted by Gasteiger charge is -1.99. The molecule has 28 heavy (non-hydrogen) atoms. The van der Waals surface area contributed by atoms with E-state index < -0.39 is 0 Å². The van der Waals surface area contributed by atoms with Crippen LogP contribution in [0, 0.1) is 0 Å². The number of para-hydroxylation sites is 1. The average Bonchev–Trinajstić information content (AvgIpc) is 3.32. The van der Waals surface area contributed by atoms with E-state index in [0.717, 1.165) is 22.0 Å². The molecule has 2 N–H and O–H groups in total. The fourth-order valence-corrected chi connectivity index (χ4v) is 3.18. The number of rotatable bonds is 4. The minimum Gasteiger partial charge on any atom is -0.455 e. The minimum atomic E-state index is 0.285. The summed E-state index contributed by atoms with van der Waals surface area (Å²) in [6, 6.07) is 19.0. The lowest BCUT2D eigenvalue weighted by atomic mass is 10.2. The molecule has 5 aromatic rings. The monoisotopic (exact) mass is 388 g/mol. The number of hydrogen-bond donors (Lipinski definition) is 2. The maximum atomic E-state index is 6.20. The van der Waals surface area contributed by atoms with Gasteiger partial charge in [0.25, 0.3) is 5.95 Å². The highest BCUT2D eigenvalue weighted by Crippen LogP contribution is 2.28. The molecule has 3 heterocycles. The van der Waals surface area contributed by atoms with Crippen LogP contribution >= 0.6 is 11.6 Å². The number of furan rings is 1. The van der Waals surface area contributed by atoms with Gasteiger partial charge in [-0.05, 0) is 30.3 Å².